The average Bonchev–Trinajstić information content (AvgIpc) is 1.51. The predicted octanol–water partition coefficient (Wildman–Crippen LogP) is 1.96. The third-order valence-corrected chi connectivity index (χ3v) is 2.58. The molecule has 0 saturated carbocycles. The highest BCUT2D eigenvalue weighted by Gasteiger charge is 2.35. The molecule has 2 heteroatoms. The molecule has 1 heterocycles. The Morgan fingerprint density at radius 2 is 1.82 bits per heavy atom. The second-order valence-electron chi connectivity index (χ2n) is 4.55. The summed E-state index contributed by atoms with van der Waals surface area (Å²) in [6.45, 7) is 10.8. The Bertz CT molecular complexity index is 161. The average molecular weight is 154 g/mol. The van der Waals surface area contributed by atoms with Crippen molar-refractivity contribution in [3.8, 4) is 0 Å². The van der Waals surface area contributed by atoms with Crippen molar-refractivity contribution in [1.82, 2.24) is 4.90 Å². The van der Waals surface area contributed by atoms with Crippen molar-refractivity contribution in [3.05, 3.63) is 0 Å². The van der Waals surface area contributed by atoms with Crippen LogP contribution in [0.3, 0.4) is 0 Å². The molecular weight excluding hydrogens is 136 g/mol. The van der Waals surface area contributed by atoms with Crippen LogP contribution in [0.25, 0.3) is 0 Å². The van der Waals surface area contributed by atoms with E-state index in [1.54, 1.807) is 0 Å². The van der Waals surface area contributed by atoms with Gasteiger partial charge in [-0.15, -0.1) is 0 Å². The SMILES string of the molecule is CC(=N)N1CC(C(C)(C)C)C1. The van der Waals surface area contributed by atoms with Crippen LogP contribution in [0.1, 0.15) is 27.7 Å². The Kier molecular flexibility index (Phi) is 1.95. The highest BCUT2D eigenvalue weighted by atomic mass is 15.2. The molecule has 0 amide bonds. The second-order valence-corrected chi connectivity index (χ2v) is 4.55. The Balaban J connectivity index is 2.35. The Morgan fingerprint density at radius 3 is 2.09 bits per heavy atom. The van der Waals surface area contributed by atoms with E-state index >= 15 is 0 Å². The maximum absolute atomic E-state index is 7.37. The lowest BCUT2D eigenvalue weighted by Crippen LogP contribution is -2.53. The molecule has 64 valence electrons. The van der Waals surface area contributed by atoms with Crippen molar-refractivity contribution in [3.63, 3.8) is 0 Å². The molecule has 0 aliphatic carbocycles. The zero-order valence-electron chi connectivity index (χ0n) is 7.94. The lowest BCUT2D eigenvalue weighted by Gasteiger charge is -2.47. The summed E-state index contributed by atoms with van der Waals surface area (Å²) in [7, 11) is 0. The highest BCUT2D eigenvalue weighted by molar-refractivity contribution is 5.77. The molecule has 1 rings (SSSR count). The summed E-state index contributed by atoms with van der Waals surface area (Å²) in [5.41, 5.74) is 0.423. The van der Waals surface area contributed by atoms with Gasteiger partial charge in [0.2, 0.25) is 0 Å². The normalized spacial score (nSPS) is 19.8. The number of likely N-dealkylation sites (tertiary alicyclic amines) is 1. The van der Waals surface area contributed by atoms with E-state index in [9.17, 15) is 0 Å². The smallest absolute Gasteiger partial charge is 0.0926 e. The summed E-state index contributed by atoms with van der Waals surface area (Å²) >= 11 is 0. The molecule has 1 aliphatic heterocycles. The Hall–Kier alpha value is -0.530. The van der Waals surface area contributed by atoms with Gasteiger partial charge < -0.3 is 4.90 Å². The van der Waals surface area contributed by atoms with Gasteiger partial charge in [0.25, 0.3) is 0 Å². The molecule has 1 saturated heterocycles. The maximum atomic E-state index is 7.37. The largest absolute Gasteiger partial charge is 0.360 e. The molecule has 0 bridgehead atoms. The molecule has 0 radical (unpaired) electrons. The van der Waals surface area contributed by atoms with Gasteiger partial charge in [0, 0.05) is 13.1 Å². The summed E-state index contributed by atoms with van der Waals surface area (Å²) < 4.78 is 0. The Morgan fingerprint density at radius 1 is 1.36 bits per heavy atom. The monoisotopic (exact) mass is 154 g/mol. The first-order chi connectivity index (χ1) is 4.91. The van der Waals surface area contributed by atoms with E-state index in [-0.39, 0.29) is 0 Å². The minimum Gasteiger partial charge on any atom is -0.360 e. The zero-order chi connectivity index (χ0) is 8.65. The molecule has 1 N–H and O–H groups in total. The summed E-state index contributed by atoms with van der Waals surface area (Å²) in [4.78, 5) is 2.12. The fourth-order valence-corrected chi connectivity index (χ4v) is 1.30. The van der Waals surface area contributed by atoms with Crippen LogP contribution >= 0.6 is 0 Å². The van der Waals surface area contributed by atoms with E-state index in [1.807, 2.05) is 6.92 Å². The number of amidine groups is 1. The fraction of sp³-hybridized carbons (Fsp3) is 0.889. The van der Waals surface area contributed by atoms with Crippen LogP contribution < -0.4 is 0 Å². The lowest BCUT2D eigenvalue weighted by molar-refractivity contribution is 0.0777. The number of nitrogens with zero attached hydrogens (tertiary/aromatic N) is 1. The molecule has 0 aromatic rings. The third kappa shape index (κ3) is 1.73. The van der Waals surface area contributed by atoms with Gasteiger partial charge in [-0.1, -0.05) is 20.8 Å². The molecule has 0 spiro atoms. The van der Waals surface area contributed by atoms with Gasteiger partial charge in [-0.3, -0.25) is 5.41 Å². The maximum Gasteiger partial charge on any atom is 0.0926 e. The van der Waals surface area contributed by atoms with Gasteiger partial charge in [-0.25, -0.2) is 0 Å². The van der Waals surface area contributed by atoms with E-state index in [4.69, 9.17) is 5.41 Å². The minimum atomic E-state index is 0.423. The van der Waals surface area contributed by atoms with Crippen molar-refractivity contribution in [2.24, 2.45) is 11.3 Å². The summed E-state index contributed by atoms with van der Waals surface area (Å²) in [6, 6.07) is 0. The molecule has 0 unspecified atom stereocenters. The second kappa shape index (κ2) is 2.50. The van der Waals surface area contributed by atoms with Crippen molar-refractivity contribution in [1.29, 1.82) is 5.41 Å². The molecule has 2 nitrogen and oxygen atoms in total. The van der Waals surface area contributed by atoms with Crippen LogP contribution in [0.2, 0.25) is 0 Å². The standard InChI is InChI=1S/C9H18N2/c1-7(10)11-5-8(6-11)9(2,3)4/h8,10H,5-6H2,1-4H3. The quantitative estimate of drug-likeness (QED) is 0.419. The van der Waals surface area contributed by atoms with Crippen LogP contribution in [-0.4, -0.2) is 23.8 Å². The van der Waals surface area contributed by atoms with Crippen LogP contribution in [0.4, 0.5) is 0 Å². The topological polar surface area (TPSA) is 27.1 Å². The van der Waals surface area contributed by atoms with E-state index < -0.39 is 0 Å². The van der Waals surface area contributed by atoms with Crippen LogP contribution in [-0.2, 0) is 0 Å². The molecule has 1 fully saturated rings. The molecule has 11 heavy (non-hydrogen) atoms. The number of hydrogen-bond donors (Lipinski definition) is 1. The molecule has 0 aromatic carbocycles. The van der Waals surface area contributed by atoms with Crippen LogP contribution in [0.15, 0.2) is 0 Å². The first kappa shape index (κ1) is 8.57. The summed E-state index contributed by atoms with van der Waals surface area (Å²) in [6.07, 6.45) is 0. The van der Waals surface area contributed by atoms with Crippen molar-refractivity contribution in [2.75, 3.05) is 13.1 Å². The molecule has 0 atom stereocenters. The molecule has 0 aromatic heterocycles. The predicted molar refractivity (Wildman–Crippen MR) is 47.9 cm³/mol. The van der Waals surface area contributed by atoms with Gasteiger partial charge in [-0.05, 0) is 18.3 Å². The lowest BCUT2D eigenvalue weighted by atomic mass is 9.76. The van der Waals surface area contributed by atoms with E-state index in [0.29, 0.717) is 11.3 Å². The van der Waals surface area contributed by atoms with Crippen molar-refractivity contribution < 1.29 is 0 Å². The van der Waals surface area contributed by atoms with Crippen molar-refractivity contribution >= 4 is 5.84 Å². The first-order valence-corrected chi connectivity index (χ1v) is 4.21. The number of hydrogen-bond acceptors (Lipinski definition) is 1. The fourth-order valence-electron chi connectivity index (χ4n) is 1.30. The first-order valence-electron chi connectivity index (χ1n) is 4.21. The minimum absolute atomic E-state index is 0.423. The van der Waals surface area contributed by atoms with Crippen molar-refractivity contribution in [2.45, 2.75) is 27.7 Å². The number of nitrogens with one attached hydrogen (secondary N) is 1. The van der Waals surface area contributed by atoms with Gasteiger partial charge in [0.05, 0.1) is 5.84 Å². The van der Waals surface area contributed by atoms with Crippen LogP contribution in [0.5, 0.6) is 0 Å². The highest BCUT2D eigenvalue weighted by Crippen LogP contribution is 2.33. The molecular formula is C9H18N2. The Labute approximate surface area is 69.1 Å². The zero-order valence-corrected chi connectivity index (χ0v) is 7.94. The van der Waals surface area contributed by atoms with E-state index in [0.717, 1.165) is 19.0 Å². The van der Waals surface area contributed by atoms with Gasteiger partial charge in [-0.2, -0.15) is 0 Å². The van der Waals surface area contributed by atoms with Gasteiger partial charge in [0.15, 0.2) is 0 Å². The summed E-state index contributed by atoms with van der Waals surface area (Å²) in [5, 5.41) is 7.37. The number of rotatable bonds is 0. The third-order valence-electron chi connectivity index (χ3n) is 2.58. The van der Waals surface area contributed by atoms with E-state index in [1.165, 1.54) is 0 Å². The summed E-state index contributed by atoms with van der Waals surface area (Å²) in [5.74, 6) is 1.49. The molecule has 1 aliphatic rings. The van der Waals surface area contributed by atoms with Gasteiger partial charge >= 0.3 is 0 Å². The van der Waals surface area contributed by atoms with Gasteiger partial charge in [0.1, 0.15) is 0 Å². The van der Waals surface area contributed by atoms with Crippen LogP contribution in [0, 0.1) is 16.7 Å². The van der Waals surface area contributed by atoms with E-state index in [2.05, 4.69) is 25.7 Å².